The zero-order chi connectivity index (χ0) is 13.8. The standard InChI is InChI=1S/C7H11O9P.3Na/c8-4(9)2-1-3(6(10)11)5(7(12)13)17(14,15)16;;;/h3,5H,1-2H2,(H,8,9)(H,10,11)(H,12,13)(H2,14,15,16);;;/q;3*+1/p-3. The Morgan fingerprint density at radius 3 is 1.55 bits per heavy atom. The molecule has 13 heteroatoms. The Morgan fingerprint density at radius 2 is 1.35 bits per heavy atom. The molecular weight excluding hydrogens is 328 g/mol. The monoisotopic (exact) mass is 336 g/mol. The molecule has 0 fully saturated rings. The van der Waals surface area contributed by atoms with E-state index in [4.69, 9.17) is 9.79 Å². The molecule has 0 saturated heterocycles. The van der Waals surface area contributed by atoms with Gasteiger partial charge in [0.15, 0.2) is 0 Å². The van der Waals surface area contributed by atoms with Crippen LogP contribution in [0.25, 0.3) is 0 Å². The summed E-state index contributed by atoms with van der Waals surface area (Å²) in [7, 11) is -5.30. The number of carboxylic acid groups (broad SMARTS) is 3. The van der Waals surface area contributed by atoms with Crippen LogP contribution in [0.5, 0.6) is 0 Å². The second kappa shape index (κ2) is 13.0. The van der Waals surface area contributed by atoms with Crippen LogP contribution in [-0.2, 0) is 18.9 Å². The van der Waals surface area contributed by atoms with Crippen molar-refractivity contribution in [2.75, 3.05) is 0 Å². The minimum absolute atomic E-state index is 0. The fourth-order valence-electron chi connectivity index (χ4n) is 1.21. The summed E-state index contributed by atoms with van der Waals surface area (Å²) in [5.41, 5.74) is -2.65. The number of rotatable bonds is 7. The van der Waals surface area contributed by atoms with Crippen LogP contribution in [0.15, 0.2) is 0 Å². The summed E-state index contributed by atoms with van der Waals surface area (Å²) >= 11 is 0. The van der Waals surface area contributed by atoms with Gasteiger partial charge in [0.1, 0.15) is 5.66 Å². The van der Waals surface area contributed by atoms with Gasteiger partial charge in [-0.15, -0.1) is 0 Å². The number of carboxylic acids is 3. The number of hydrogen-bond donors (Lipinski definition) is 2. The molecule has 0 radical (unpaired) electrons. The van der Waals surface area contributed by atoms with E-state index in [1.165, 1.54) is 0 Å². The molecule has 0 aromatic heterocycles. The molecule has 2 unspecified atom stereocenters. The molecule has 0 spiro atoms. The first-order valence-electron chi connectivity index (χ1n) is 4.24. The van der Waals surface area contributed by atoms with Gasteiger partial charge in [-0.1, -0.05) is 0 Å². The van der Waals surface area contributed by atoms with Gasteiger partial charge >= 0.3 is 96.3 Å². The van der Waals surface area contributed by atoms with Crippen LogP contribution in [-0.4, -0.2) is 33.4 Å². The first kappa shape index (κ1) is 29.6. The van der Waals surface area contributed by atoms with Crippen molar-refractivity contribution in [2.45, 2.75) is 18.5 Å². The Morgan fingerprint density at radius 1 is 0.950 bits per heavy atom. The summed E-state index contributed by atoms with van der Waals surface area (Å²) in [4.78, 5) is 48.4. The Balaban J connectivity index is -0.000000427. The number of carbonyl (C=O) groups excluding carboxylic acids is 3. The van der Waals surface area contributed by atoms with Gasteiger partial charge in [-0.05, 0) is 12.8 Å². The number of carbonyl (C=O) groups is 3. The van der Waals surface area contributed by atoms with Crippen molar-refractivity contribution >= 4 is 25.5 Å². The number of hydrogen-bond acceptors (Lipinski definition) is 7. The zero-order valence-corrected chi connectivity index (χ0v) is 18.2. The molecule has 0 aliphatic carbocycles. The van der Waals surface area contributed by atoms with E-state index in [0.29, 0.717) is 0 Å². The van der Waals surface area contributed by atoms with E-state index >= 15 is 0 Å². The molecule has 9 nitrogen and oxygen atoms in total. The van der Waals surface area contributed by atoms with Gasteiger partial charge in [0.2, 0.25) is 0 Å². The molecule has 0 amide bonds. The first-order chi connectivity index (χ1) is 7.57. The number of aliphatic carboxylic acids is 3. The van der Waals surface area contributed by atoms with Gasteiger partial charge in [0, 0.05) is 17.9 Å². The predicted octanol–water partition coefficient (Wildman–Crippen LogP) is -13.8. The fourth-order valence-corrected chi connectivity index (χ4v) is 2.23. The maximum atomic E-state index is 10.8. The molecule has 0 rings (SSSR count). The minimum atomic E-state index is -5.30. The summed E-state index contributed by atoms with van der Waals surface area (Å²) in [6, 6.07) is 0. The van der Waals surface area contributed by atoms with Gasteiger partial charge in [-0.25, -0.2) is 0 Å². The van der Waals surface area contributed by atoms with Crippen molar-refractivity contribution in [3.63, 3.8) is 0 Å². The summed E-state index contributed by atoms with van der Waals surface area (Å²) in [6.45, 7) is 0. The Labute approximate surface area is 180 Å². The minimum Gasteiger partial charge on any atom is -0.550 e. The molecule has 2 N–H and O–H groups in total. The van der Waals surface area contributed by atoms with Crippen molar-refractivity contribution in [3.8, 4) is 0 Å². The largest absolute Gasteiger partial charge is 1.00 e. The predicted molar refractivity (Wildman–Crippen MR) is 43.6 cm³/mol. The Hall–Kier alpha value is 1.56. The van der Waals surface area contributed by atoms with E-state index in [2.05, 4.69) is 0 Å². The average molecular weight is 336 g/mol. The van der Waals surface area contributed by atoms with Gasteiger partial charge < -0.3 is 39.5 Å². The van der Waals surface area contributed by atoms with Crippen LogP contribution >= 0.6 is 7.60 Å². The normalized spacial score (nSPS) is 12.7. The summed E-state index contributed by atoms with van der Waals surface area (Å²) < 4.78 is 10.8. The molecule has 0 aromatic carbocycles. The van der Waals surface area contributed by atoms with Gasteiger partial charge in [0.25, 0.3) is 0 Å². The molecule has 0 saturated carbocycles. The summed E-state index contributed by atoms with van der Waals surface area (Å²) in [5.74, 6) is -8.22. The van der Waals surface area contributed by atoms with E-state index < -0.39 is 49.9 Å². The molecule has 98 valence electrons. The Bertz CT molecular complexity index is 382. The van der Waals surface area contributed by atoms with Crippen LogP contribution in [0.3, 0.4) is 0 Å². The SMILES string of the molecule is O=C([O-])CCC(C(=O)[O-])C(C(=O)[O-])P(=O)(O)O.[Na+].[Na+].[Na+]. The summed E-state index contributed by atoms with van der Waals surface area (Å²) in [5, 5.41) is 31.1. The molecule has 2 atom stereocenters. The summed E-state index contributed by atoms with van der Waals surface area (Å²) in [6.07, 6.45) is -1.71. The first-order valence-corrected chi connectivity index (χ1v) is 5.92. The van der Waals surface area contributed by atoms with Gasteiger partial charge in [-0.2, -0.15) is 0 Å². The molecule has 0 heterocycles. The molecule has 0 aromatic rings. The van der Waals surface area contributed by atoms with Crippen LogP contribution in [0.2, 0.25) is 0 Å². The molecule has 0 aliphatic rings. The van der Waals surface area contributed by atoms with Crippen LogP contribution < -0.4 is 104 Å². The quantitative estimate of drug-likeness (QED) is 0.337. The van der Waals surface area contributed by atoms with E-state index in [0.717, 1.165) is 0 Å². The molecule has 20 heavy (non-hydrogen) atoms. The zero-order valence-electron chi connectivity index (χ0n) is 11.3. The van der Waals surface area contributed by atoms with Crippen molar-refractivity contribution in [1.29, 1.82) is 0 Å². The van der Waals surface area contributed by atoms with Gasteiger partial charge in [0.05, 0.1) is 5.97 Å². The third-order valence-electron chi connectivity index (χ3n) is 1.95. The second-order valence-electron chi connectivity index (χ2n) is 3.19. The molecular formula is C7H8Na3O9P. The van der Waals surface area contributed by atoms with Crippen molar-refractivity contribution in [2.24, 2.45) is 5.92 Å². The van der Waals surface area contributed by atoms with E-state index in [-0.39, 0.29) is 88.7 Å². The van der Waals surface area contributed by atoms with Crippen molar-refractivity contribution in [1.82, 2.24) is 0 Å². The fraction of sp³-hybridized carbons (Fsp3) is 0.571. The van der Waals surface area contributed by atoms with E-state index in [9.17, 15) is 34.3 Å². The van der Waals surface area contributed by atoms with Crippen LogP contribution in [0.1, 0.15) is 12.8 Å². The third-order valence-corrected chi connectivity index (χ3v) is 3.24. The van der Waals surface area contributed by atoms with E-state index in [1.807, 2.05) is 0 Å². The second-order valence-corrected chi connectivity index (χ2v) is 4.92. The van der Waals surface area contributed by atoms with Crippen LogP contribution in [0, 0.1) is 5.92 Å². The van der Waals surface area contributed by atoms with Crippen LogP contribution in [0.4, 0.5) is 0 Å². The maximum absolute atomic E-state index is 10.8. The Kier molecular flexibility index (Phi) is 19.3. The topological polar surface area (TPSA) is 178 Å². The molecule has 0 bridgehead atoms. The molecule has 0 aliphatic heterocycles. The van der Waals surface area contributed by atoms with E-state index in [1.54, 1.807) is 0 Å². The maximum Gasteiger partial charge on any atom is 1.00 e. The average Bonchev–Trinajstić information content (AvgIpc) is 2.07. The van der Waals surface area contributed by atoms with Crippen molar-refractivity contribution in [3.05, 3.63) is 0 Å². The van der Waals surface area contributed by atoms with Gasteiger partial charge in [-0.3, -0.25) is 4.57 Å². The van der Waals surface area contributed by atoms with Crippen molar-refractivity contribution < 1.29 is 133 Å². The smallest absolute Gasteiger partial charge is 0.550 e. The third kappa shape index (κ3) is 11.2.